The molecule has 0 radical (unpaired) electrons. The first-order valence-corrected chi connectivity index (χ1v) is 15.0. The van der Waals surface area contributed by atoms with Crippen molar-refractivity contribution in [1.82, 2.24) is 5.32 Å². The first-order chi connectivity index (χ1) is 20.0. The van der Waals surface area contributed by atoms with Gasteiger partial charge in [0.15, 0.2) is 0 Å². The quantitative estimate of drug-likeness (QED) is 0.227. The van der Waals surface area contributed by atoms with E-state index in [9.17, 15) is 14.9 Å². The van der Waals surface area contributed by atoms with Crippen molar-refractivity contribution in [3.05, 3.63) is 117 Å². The Balaban J connectivity index is 1.67. The molecule has 1 heterocycles. The van der Waals surface area contributed by atoms with E-state index in [0.717, 1.165) is 24.8 Å². The van der Waals surface area contributed by atoms with Crippen LogP contribution in [0.15, 0.2) is 95.0 Å². The van der Waals surface area contributed by atoms with Crippen molar-refractivity contribution in [3.63, 3.8) is 0 Å². The third-order valence-corrected chi connectivity index (χ3v) is 7.99. The fourth-order valence-corrected chi connectivity index (χ4v) is 5.73. The maximum atomic E-state index is 13.4. The van der Waals surface area contributed by atoms with Crippen LogP contribution in [0.25, 0.3) is 5.70 Å². The Bertz CT molecular complexity index is 1490. The number of anilines is 1. The molecular formula is C33H32ClN3O3S. The Hall–Kier alpha value is -3.99. The number of dihydropyridines is 1. The molecule has 0 saturated carbocycles. The average molecular weight is 586 g/mol. The number of esters is 1. The summed E-state index contributed by atoms with van der Waals surface area (Å²) >= 11 is 7.83. The second-order valence-corrected chi connectivity index (χ2v) is 10.8. The zero-order valence-electron chi connectivity index (χ0n) is 23.1. The number of hydrogen-bond acceptors (Lipinski definition) is 6. The number of halogens is 1. The van der Waals surface area contributed by atoms with E-state index in [-0.39, 0.29) is 18.3 Å². The summed E-state index contributed by atoms with van der Waals surface area (Å²) in [5.74, 6) is -1.48. The van der Waals surface area contributed by atoms with Gasteiger partial charge in [0.25, 0.3) is 0 Å². The van der Waals surface area contributed by atoms with E-state index in [2.05, 4.69) is 23.6 Å². The van der Waals surface area contributed by atoms with Crippen molar-refractivity contribution in [2.45, 2.75) is 39.0 Å². The van der Waals surface area contributed by atoms with Gasteiger partial charge < -0.3 is 15.4 Å². The van der Waals surface area contributed by atoms with Crippen LogP contribution < -0.4 is 10.6 Å². The van der Waals surface area contributed by atoms with Gasteiger partial charge in [-0.1, -0.05) is 97.4 Å². The molecular weight excluding hydrogens is 554 g/mol. The molecule has 6 nitrogen and oxygen atoms in total. The van der Waals surface area contributed by atoms with Gasteiger partial charge in [0, 0.05) is 10.7 Å². The molecule has 0 bridgehead atoms. The summed E-state index contributed by atoms with van der Waals surface area (Å²) in [7, 11) is 0. The number of nitriles is 1. The molecule has 41 heavy (non-hydrogen) atoms. The van der Waals surface area contributed by atoms with E-state index in [1.807, 2.05) is 60.7 Å². The number of benzene rings is 3. The highest BCUT2D eigenvalue weighted by molar-refractivity contribution is 8.03. The molecule has 1 aliphatic heterocycles. The molecule has 2 N–H and O–H groups in total. The third kappa shape index (κ3) is 7.40. The number of unbranched alkanes of at least 4 members (excludes halogenated alkanes) is 1. The number of amides is 1. The lowest BCUT2D eigenvalue weighted by Gasteiger charge is -2.31. The van der Waals surface area contributed by atoms with Crippen LogP contribution in [0.2, 0.25) is 5.02 Å². The van der Waals surface area contributed by atoms with E-state index >= 15 is 0 Å². The van der Waals surface area contributed by atoms with Gasteiger partial charge >= 0.3 is 5.97 Å². The Kier molecular flexibility index (Phi) is 10.7. The number of aryl methyl sites for hydroxylation is 1. The van der Waals surface area contributed by atoms with Crippen LogP contribution in [0.3, 0.4) is 0 Å². The number of nitrogens with zero attached hydrogens (tertiary/aromatic N) is 1. The topological polar surface area (TPSA) is 91.2 Å². The van der Waals surface area contributed by atoms with Gasteiger partial charge in [-0.3, -0.25) is 4.79 Å². The predicted octanol–water partition coefficient (Wildman–Crippen LogP) is 7.45. The standard InChI is InChI=1S/C33H32ClN3O3S/c1-3-5-11-22-16-18-24(19-17-22)36-28(38)21-41-32-26(20-35)29(25-14-9-10-15-27(25)34)30(33(39)40-4-2)31(37-32)23-12-7-6-8-13-23/h6-10,12-19,29,37H,3-5,11,21H2,1-2H3,(H,36,38)/t29-/m1/s1. The SMILES string of the molecule is CCCCc1ccc(NC(=O)CSC2=C(C#N)[C@@H](c3ccccc3Cl)C(C(=O)OCC)=C(c3ccccc3)N2)cc1. The average Bonchev–Trinajstić information content (AvgIpc) is 2.99. The Morgan fingerprint density at radius 1 is 1.02 bits per heavy atom. The Labute approximate surface area is 250 Å². The van der Waals surface area contributed by atoms with E-state index in [0.29, 0.717) is 38.1 Å². The molecule has 0 saturated heterocycles. The zero-order valence-corrected chi connectivity index (χ0v) is 24.6. The summed E-state index contributed by atoms with van der Waals surface area (Å²) in [6, 6.07) is 26.7. The molecule has 0 spiro atoms. The van der Waals surface area contributed by atoms with Gasteiger partial charge in [0.05, 0.1) is 46.2 Å². The molecule has 8 heteroatoms. The van der Waals surface area contributed by atoms with Crippen LogP contribution in [-0.2, 0) is 20.7 Å². The second-order valence-electron chi connectivity index (χ2n) is 9.45. The number of thioether (sulfide) groups is 1. The maximum Gasteiger partial charge on any atom is 0.337 e. The summed E-state index contributed by atoms with van der Waals surface area (Å²) in [4.78, 5) is 26.4. The van der Waals surface area contributed by atoms with Crippen LogP contribution in [0.5, 0.6) is 0 Å². The molecule has 1 atom stereocenters. The molecule has 0 unspecified atom stereocenters. The minimum atomic E-state index is -0.787. The predicted molar refractivity (Wildman–Crippen MR) is 166 cm³/mol. The lowest BCUT2D eigenvalue weighted by atomic mass is 9.81. The first kappa shape index (κ1) is 30.0. The van der Waals surface area contributed by atoms with E-state index in [1.165, 1.54) is 17.3 Å². The highest BCUT2D eigenvalue weighted by Crippen LogP contribution is 2.45. The van der Waals surface area contributed by atoms with Crippen molar-refractivity contribution in [2.24, 2.45) is 0 Å². The molecule has 4 rings (SSSR count). The third-order valence-electron chi connectivity index (χ3n) is 6.63. The van der Waals surface area contributed by atoms with Gasteiger partial charge in [-0.2, -0.15) is 5.26 Å². The summed E-state index contributed by atoms with van der Waals surface area (Å²) in [6.45, 7) is 4.07. The molecule has 3 aromatic carbocycles. The van der Waals surface area contributed by atoms with Gasteiger partial charge in [0.2, 0.25) is 5.91 Å². The Morgan fingerprint density at radius 3 is 2.39 bits per heavy atom. The second kappa shape index (κ2) is 14.6. The zero-order chi connectivity index (χ0) is 29.2. The highest BCUT2D eigenvalue weighted by atomic mass is 35.5. The minimum absolute atomic E-state index is 0.0527. The van der Waals surface area contributed by atoms with Crippen LogP contribution in [0.4, 0.5) is 5.69 Å². The smallest absolute Gasteiger partial charge is 0.337 e. The highest BCUT2D eigenvalue weighted by Gasteiger charge is 2.38. The lowest BCUT2D eigenvalue weighted by molar-refractivity contribution is -0.138. The fraction of sp³-hybridized carbons (Fsp3) is 0.242. The van der Waals surface area contributed by atoms with E-state index in [4.69, 9.17) is 16.3 Å². The van der Waals surface area contributed by atoms with Crippen molar-refractivity contribution >= 4 is 46.6 Å². The normalized spacial score (nSPS) is 14.7. The van der Waals surface area contributed by atoms with E-state index in [1.54, 1.807) is 25.1 Å². The van der Waals surface area contributed by atoms with Crippen molar-refractivity contribution in [2.75, 3.05) is 17.7 Å². The number of carbonyl (C=O) groups excluding carboxylic acids is 2. The van der Waals surface area contributed by atoms with Crippen LogP contribution in [0.1, 0.15) is 49.3 Å². The molecule has 210 valence electrons. The number of nitrogens with one attached hydrogen (secondary N) is 2. The first-order valence-electron chi connectivity index (χ1n) is 13.6. The van der Waals surface area contributed by atoms with Gasteiger partial charge in [-0.25, -0.2) is 4.79 Å². The van der Waals surface area contributed by atoms with Gasteiger partial charge in [-0.05, 0) is 54.7 Å². The lowest BCUT2D eigenvalue weighted by Crippen LogP contribution is -2.30. The monoisotopic (exact) mass is 585 g/mol. The Morgan fingerprint density at radius 2 is 1.73 bits per heavy atom. The minimum Gasteiger partial charge on any atom is -0.463 e. The van der Waals surface area contributed by atoms with Crippen molar-refractivity contribution in [1.29, 1.82) is 5.26 Å². The van der Waals surface area contributed by atoms with Crippen LogP contribution >= 0.6 is 23.4 Å². The number of hydrogen-bond donors (Lipinski definition) is 2. The number of allylic oxidation sites excluding steroid dienone is 1. The molecule has 0 aromatic heterocycles. The molecule has 0 fully saturated rings. The largest absolute Gasteiger partial charge is 0.463 e. The van der Waals surface area contributed by atoms with Crippen molar-refractivity contribution < 1.29 is 14.3 Å². The fourth-order valence-electron chi connectivity index (χ4n) is 4.65. The van der Waals surface area contributed by atoms with Gasteiger partial charge in [-0.15, -0.1) is 0 Å². The molecule has 0 aliphatic carbocycles. The van der Waals surface area contributed by atoms with Crippen LogP contribution in [0, 0.1) is 11.3 Å². The summed E-state index contributed by atoms with van der Waals surface area (Å²) in [5, 5.41) is 17.5. The summed E-state index contributed by atoms with van der Waals surface area (Å²) < 4.78 is 5.46. The van der Waals surface area contributed by atoms with Crippen molar-refractivity contribution in [3.8, 4) is 6.07 Å². The molecule has 1 aliphatic rings. The number of carbonyl (C=O) groups is 2. The maximum absolute atomic E-state index is 13.4. The summed E-state index contributed by atoms with van der Waals surface area (Å²) in [6.07, 6.45) is 3.26. The van der Waals surface area contributed by atoms with Crippen LogP contribution in [-0.4, -0.2) is 24.2 Å². The summed E-state index contributed by atoms with van der Waals surface area (Å²) in [5.41, 5.74) is 4.39. The molecule has 1 amide bonds. The van der Waals surface area contributed by atoms with Gasteiger partial charge in [0.1, 0.15) is 0 Å². The number of rotatable bonds is 11. The number of ether oxygens (including phenoxy) is 1. The molecule has 3 aromatic rings. The van der Waals surface area contributed by atoms with E-state index < -0.39 is 11.9 Å².